The second-order valence-electron chi connectivity index (χ2n) is 8.72. The number of nitrogens with zero attached hydrogens (tertiary/aromatic N) is 2. The predicted octanol–water partition coefficient (Wildman–Crippen LogP) is 7.76. The highest BCUT2D eigenvalue weighted by molar-refractivity contribution is 6.03. The molecule has 0 amide bonds. The predicted molar refractivity (Wildman–Crippen MR) is 134 cm³/mol. The van der Waals surface area contributed by atoms with Crippen LogP contribution in [0.15, 0.2) is 60.7 Å². The highest BCUT2D eigenvalue weighted by Crippen LogP contribution is 2.52. The van der Waals surface area contributed by atoms with Crippen LogP contribution in [0.5, 0.6) is 0 Å². The topological polar surface area (TPSA) is 84.5 Å². The van der Waals surface area contributed by atoms with Gasteiger partial charge in [0.25, 0.3) is 0 Å². The van der Waals surface area contributed by atoms with E-state index in [-0.39, 0.29) is 24.2 Å². The van der Waals surface area contributed by atoms with Crippen molar-refractivity contribution < 1.29 is 46.1 Å². The van der Waals surface area contributed by atoms with Crippen LogP contribution >= 0.6 is 0 Å². The summed E-state index contributed by atoms with van der Waals surface area (Å²) in [7, 11) is 0. The number of carboxylic acid groups (broad SMARTS) is 2. The highest BCUT2D eigenvalue weighted by atomic mass is 19.4. The van der Waals surface area contributed by atoms with Crippen LogP contribution in [0.25, 0.3) is 33.9 Å². The molecule has 0 saturated heterocycles. The largest absolute Gasteiger partial charge is 0.478 e. The summed E-state index contributed by atoms with van der Waals surface area (Å²) >= 11 is 0. The van der Waals surface area contributed by atoms with E-state index in [9.17, 15) is 46.1 Å². The van der Waals surface area contributed by atoms with Gasteiger partial charge in [-0.1, -0.05) is 60.7 Å². The zero-order valence-corrected chi connectivity index (χ0v) is 21.1. The zero-order chi connectivity index (χ0) is 29.6. The Morgan fingerprint density at radius 1 is 0.600 bits per heavy atom. The van der Waals surface area contributed by atoms with Gasteiger partial charge in [0.2, 0.25) is 0 Å². The van der Waals surface area contributed by atoms with Gasteiger partial charge >= 0.3 is 24.3 Å². The molecule has 0 saturated carbocycles. The number of halogens is 6. The molecule has 0 aliphatic carbocycles. The lowest BCUT2D eigenvalue weighted by molar-refractivity contribution is -0.139. The first kappa shape index (κ1) is 28.5. The van der Waals surface area contributed by atoms with Crippen LogP contribution < -0.4 is 0 Å². The van der Waals surface area contributed by atoms with Gasteiger partial charge in [-0.25, -0.2) is 9.59 Å². The number of aromatic carboxylic acids is 2. The van der Waals surface area contributed by atoms with Gasteiger partial charge in [-0.05, 0) is 25.0 Å². The van der Waals surface area contributed by atoms with Crippen LogP contribution in [0, 0.1) is 0 Å². The molecule has 0 unspecified atom stereocenters. The molecule has 2 heterocycles. The van der Waals surface area contributed by atoms with Crippen LogP contribution in [0.4, 0.5) is 26.3 Å². The third-order valence-electron chi connectivity index (χ3n) is 6.47. The van der Waals surface area contributed by atoms with Crippen molar-refractivity contribution in [3.63, 3.8) is 0 Å². The third kappa shape index (κ3) is 4.63. The standard InChI is InChI=1S/C28H22F6N2O4/c1-3-35-21(15-11-7-5-8-12-15)17(25(37)38)19(27(29,30)31)23(35)24-20(28(32,33)34)18(26(39)40)22(36(24)4-2)16-13-9-6-10-14-16/h5-14H,3-4H2,1-2H3,(H,37,38)(H,39,40). The molecule has 2 aromatic heterocycles. The zero-order valence-electron chi connectivity index (χ0n) is 21.1. The van der Waals surface area contributed by atoms with E-state index in [0.717, 1.165) is 9.13 Å². The number of carboxylic acids is 2. The molecule has 4 aromatic rings. The average molecular weight is 564 g/mol. The summed E-state index contributed by atoms with van der Waals surface area (Å²) in [6.07, 6.45) is -10.8. The van der Waals surface area contributed by atoms with Gasteiger partial charge in [-0.15, -0.1) is 0 Å². The monoisotopic (exact) mass is 564 g/mol. The molecular formula is C28H22F6N2O4. The van der Waals surface area contributed by atoms with Crippen LogP contribution in [-0.4, -0.2) is 31.3 Å². The van der Waals surface area contributed by atoms with Crippen molar-refractivity contribution in [2.45, 2.75) is 39.3 Å². The van der Waals surface area contributed by atoms with Crippen molar-refractivity contribution in [3.8, 4) is 33.9 Å². The molecule has 0 aliphatic rings. The fourth-order valence-electron chi connectivity index (χ4n) is 5.12. The maximum absolute atomic E-state index is 14.8. The number of carbonyl (C=O) groups is 2. The summed E-state index contributed by atoms with van der Waals surface area (Å²) in [5, 5.41) is 20.0. The minimum Gasteiger partial charge on any atom is -0.478 e. The van der Waals surface area contributed by atoms with Crippen molar-refractivity contribution in [1.29, 1.82) is 0 Å². The number of hydrogen-bond donors (Lipinski definition) is 2. The van der Waals surface area contributed by atoms with Gasteiger partial charge in [0, 0.05) is 13.1 Å². The fourth-order valence-corrected chi connectivity index (χ4v) is 5.12. The molecule has 40 heavy (non-hydrogen) atoms. The lowest BCUT2D eigenvalue weighted by Crippen LogP contribution is -2.17. The van der Waals surface area contributed by atoms with Gasteiger partial charge in [0.05, 0.1) is 45.0 Å². The normalized spacial score (nSPS) is 12.1. The molecular weight excluding hydrogens is 542 g/mol. The van der Waals surface area contributed by atoms with Crippen molar-refractivity contribution in [1.82, 2.24) is 9.13 Å². The second-order valence-corrected chi connectivity index (χ2v) is 8.72. The Hall–Kier alpha value is -4.48. The molecule has 0 aliphatic heterocycles. The van der Waals surface area contributed by atoms with Crippen LogP contribution in [0.2, 0.25) is 0 Å². The van der Waals surface area contributed by atoms with E-state index in [4.69, 9.17) is 0 Å². The smallest absolute Gasteiger partial charge is 0.419 e. The van der Waals surface area contributed by atoms with Crippen molar-refractivity contribution in [2.75, 3.05) is 0 Å². The number of hydrogen-bond acceptors (Lipinski definition) is 2. The Balaban J connectivity index is 2.37. The molecule has 6 nitrogen and oxygen atoms in total. The van der Waals surface area contributed by atoms with E-state index in [1.54, 1.807) is 12.1 Å². The van der Waals surface area contributed by atoms with E-state index in [1.165, 1.54) is 62.4 Å². The van der Waals surface area contributed by atoms with Crippen LogP contribution in [0.3, 0.4) is 0 Å². The summed E-state index contributed by atoms with van der Waals surface area (Å²) in [5.74, 6) is -3.99. The lowest BCUT2D eigenvalue weighted by atomic mass is 9.99. The van der Waals surface area contributed by atoms with Gasteiger partial charge < -0.3 is 19.3 Å². The molecule has 0 fully saturated rings. The molecule has 210 valence electrons. The Morgan fingerprint density at radius 3 is 1.12 bits per heavy atom. The quantitative estimate of drug-likeness (QED) is 0.225. The van der Waals surface area contributed by atoms with Crippen molar-refractivity contribution in [3.05, 3.63) is 82.9 Å². The fraction of sp³-hybridized carbons (Fsp3) is 0.214. The average Bonchev–Trinajstić information content (AvgIpc) is 3.43. The van der Waals surface area contributed by atoms with E-state index in [0.29, 0.717) is 0 Å². The lowest BCUT2D eigenvalue weighted by Gasteiger charge is -2.19. The minimum absolute atomic E-state index is 0.0309. The number of aromatic nitrogens is 2. The Labute approximate surface area is 223 Å². The van der Waals surface area contributed by atoms with Crippen LogP contribution in [-0.2, 0) is 25.4 Å². The van der Waals surface area contributed by atoms with Gasteiger partial charge in [-0.3, -0.25) is 0 Å². The summed E-state index contributed by atoms with van der Waals surface area (Å²) in [5.41, 5.74) is -9.05. The summed E-state index contributed by atoms with van der Waals surface area (Å²) in [6, 6.07) is 14.3. The first-order valence-electron chi connectivity index (χ1n) is 12.0. The molecule has 0 radical (unpaired) electrons. The second kappa shape index (κ2) is 10.2. The summed E-state index contributed by atoms with van der Waals surface area (Å²) in [4.78, 5) is 24.8. The number of alkyl halides is 6. The summed E-state index contributed by atoms with van der Waals surface area (Å²) < 4.78 is 90.3. The van der Waals surface area contributed by atoms with E-state index < -0.39 is 69.3 Å². The van der Waals surface area contributed by atoms with Crippen molar-refractivity contribution in [2.24, 2.45) is 0 Å². The Morgan fingerprint density at radius 2 is 0.900 bits per heavy atom. The SMILES string of the molecule is CCn1c(-c2ccccc2)c(C(=O)O)c(C(F)(F)F)c1-c1c(C(F)(F)F)c(C(=O)O)c(-c2ccccc2)n1CC. The molecule has 0 spiro atoms. The number of benzene rings is 2. The van der Waals surface area contributed by atoms with Gasteiger partial charge in [0.1, 0.15) is 0 Å². The molecule has 4 rings (SSSR count). The molecule has 0 atom stereocenters. The maximum Gasteiger partial charge on any atom is 0.419 e. The van der Waals surface area contributed by atoms with Gasteiger partial charge in [0.15, 0.2) is 0 Å². The van der Waals surface area contributed by atoms with Gasteiger partial charge in [-0.2, -0.15) is 26.3 Å². The van der Waals surface area contributed by atoms with E-state index in [1.807, 2.05) is 0 Å². The highest BCUT2D eigenvalue weighted by Gasteiger charge is 2.49. The maximum atomic E-state index is 14.8. The Kier molecular flexibility index (Phi) is 7.31. The number of rotatable bonds is 7. The third-order valence-corrected chi connectivity index (χ3v) is 6.47. The molecule has 2 N–H and O–H groups in total. The summed E-state index contributed by atoms with van der Waals surface area (Å²) in [6.45, 7) is 2.02. The van der Waals surface area contributed by atoms with E-state index >= 15 is 0 Å². The van der Waals surface area contributed by atoms with Crippen molar-refractivity contribution >= 4 is 11.9 Å². The molecule has 2 aromatic carbocycles. The first-order chi connectivity index (χ1) is 18.8. The molecule has 12 heteroatoms. The molecule has 0 bridgehead atoms. The first-order valence-corrected chi connectivity index (χ1v) is 12.0. The minimum atomic E-state index is -5.42. The van der Waals surface area contributed by atoms with Crippen LogP contribution in [0.1, 0.15) is 45.7 Å². The van der Waals surface area contributed by atoms with E-state index in [2.05, 4.69) is 0 Å². The Bertz CT molecular complexity index is 1460.